The predicted octanol–water partition coefficient (Wildman–Crippen LogP) is 2.31. The number of aliphatic hydroxyl groups excluding tert-OH is 1. The number of nitrogens with zero attached hydrogens (tertiary/aromatic N) is 2. The molecule has 5 heteroatoms. The fourth-order valence-corrected chi connectivity index (χ4v) is 3.15. The van der Waals surface area contributed by atoms with Gasteiger partial charge in [-0.05, 0) is 44.7 Å². The molecule has 1 fully saturated rings. The minimum absolute atomic E-state index is 0.00561. The molecule has 1 aromatic carbocycles. The highest BCUT2D eigenvalue weighted by molar-refractivity contribution is 5.74. The first-order chi connectivity index (χ1) is 11.6. The predicted molar refractivity (Wildman–Crippen MR) is 96.8 cm³/mol. The molecule has 2 N–H and O–H groups in total. The van der Waals surface area contributed by atoms with Crippen LogP contribution in [0, 0.1) is 5.92 Å². The Morgan fingerprint density at radius 2 is 2.17 bits per heavy atom. The SMILES string of the molecule is CC(CCNC(=O)N1CCCC(CO)C1)N(C)Cc1ccccc1. The van der Waals surface area contributed by atoms with Crippen LogP contribution in [0.2, 0.25) is 0 Å². The second-order valence-corrected chi connectivity index (χ2v) is 6.91. The van der Waals surface area contributed by atoms with E-state index in [4.69, 9.17) is 0 Å². The Labute approximate surface area is 145 Å². The highest BCUT2D eigenvalue weighted by Gasteiger charge is 2.22. The lowest BCUT2D eigenvalue weighted by molar-refractivity contribution is 0.129. The summed E-state index contributed by atoms with van der Waals surface area (Å²) in [6.07, 6.45) is 2.92. The number of likely N-dealkylation sites (tertiary alicyclic amines) is 1. The molecule has 1 aliphatic rings. The van der Waals surface area contributed by atoms with E-state index in [0.717, 1.165) is 32.4 Å². The number of carbonyl (C=O) groups excluding carboxylic acids is 1. The molecule has 0 radical (unpaired) electrons. The number of nitrogens with one attached hydrogen (secondary N) is 1. The van der Waals surface area contributed by atoms with Crippen LogP contribution in [0.4, 0.5) is 4.79 Å². The third-order valence-corrected chi connectivity index (χ3v) is 4.93. The Bertz CT molecular complexity index is 495. The molecule has 2 atom stereocenters. The Hall–Kier alpha value is -1.59. The number of hydrogen-bond donors (Lipinski definition) is 2. The number of urea groups is 1. The number of benzene rings is 1. The van der Waals surface area contributed by atoms with Gasteiger partial charge in [-0.2, -0.15) is 0 Å². The average molecular weight is 333 g/mol. The van der Waals surface area contributed by atoms with Gasteiger partial charge in [-0.3, -0.25) is 4.90 Å². The van der Waals surface area contributed by atoms with Crippen LogP contribution >= 0.6 is 0 Å². The highest BCUT2D eigenvalue weighted by Crippen LogP contribution is 2.15. The van der Waals surface area contributed by atoms with Gasteiger partial charge in [0.05, 0.1) is 0 Å². The molecule has 1 saturated heterocycles. The van der Waals surface area contributed by atoms with Gasteiger partial charge in [0.2, 0.25) is 0 Å². The van der Waals surface area contributed by atoms with Gasteiger partial charge in [0.25, 0.3) is 0 Å². The summed E-state index contributed by atoms with van der Waals surface area (Å²) in [5, 5.41) is 12.3. The Morgan fingerprint density at radius 1 is 1.42 bits per heavy atom. The summed E-state index contributed by atoms with van der Waals surface area (Å²) in [4.78, 5) is 16.4. The molecule has 0 aliphatic carbocycles. The summed E-state index contributed by atoms with van der Waals surface area (Å²) in [5.41, 5.74) is 1.30. The second-order valence-electron chi connectivity index (χ2n) is 6.91. The number of carbonyl (C=O) groups is 1. The third kappa shape index (κ3) is 5.80. The van der Waals surface area contributed by atoms with Crippen LogP contribution in [0.5, 0.6) is 0 Å². The number of hydrogen-bond acceptors (Lipinski definition) is 3. The van der Waals surface area contributed by atoms with Gasteiger partial charge in [0, 0.05) is 38.8 Å². The number of rotatable bonds is 7. The normalized spacial score (nSPS) is 19.3. The summed E-state index contributed by atoms with van der Waals surface area (Å²) in [6, 6.07) is 10.8. The largest absolute Gasteiger partial charge is 0.396 e. The first kappa shape index (κ1) is 18.7. The van der Waals surface area contributed by atoms with Crippen molar-refractivity contribution in [2.45, 2.75) is 38.8 Å². The fourth-order valence-electron chi connectivity index (χ4n) is 3.15. The summed E-state index contributed by atoms with van der Waals surface area (Å²) < 4.78 is 0. The van der Waals surface area contributed by atoms with Crippen LogP contribution in [-0.2, 0) is 6.54 Å². The standard InChI is InChI=1S/C19H31N3O2/c1-16(21(2)13-17-7-4-3-5-8-17)10-11-20-19(24)22-12-6-9-18(14-22)15-23/h3-5,7-8,16,18,23H,6,9-15H2,1-2H3,(H,20,24). The molecule has 5 nitrogen and oxygen atoms in total. The van der Waals surface area contributed by atoms with Crippen LogP contribution in [0.15, 0.2) is 30.3 Å². The van der Waals surface area contributed by atoms with Crippen molar-refractivity contribution in [2.75, 3.05) is 33.3 Å². The van der Waals surface area contributed by atoms with Gasteiger partial charge in [0.1, 0.15) is 0 Å². The van der Waals surface area contributed by atoms with Crippen molar-refractivity contribution in [1.82, 2.24) is 15.1 Å². The number of aliphatic hydroxyl groups is 1. The summed E-state index contributed by atoms with van der Waals surface area (Å²) in [6.45, 7) is 5.43. The Morgan fingerprint density at radius 3 is 2.88 bits per heavy atom. The van der Waals surface area contributed by atoms with Crippen molar-refractivity contribution in [3.63, 3.8) is 0 Å². The van der Waals surface area contributed by atoms with Gasteiger partial charge in [0.15, 0.2) is 0 Å². The maximum absolute atomic E-state index is 12.2. The van der Waals surface area contributed by atoms with Crippen LogP contribution < -0.4 is 5.32 Å². The smallest absolute Gasteiger partial charge is 0.317 e. The van der Waals surface area contributed by atoms with E-state index in [1.165, 1.54) is 5.56 Å². The molecule has 2 rings (SSSR count). The number of amides is 2. The van der Waals surface area contributed by atoms with E-state index in [1.807, 2.05) is 11.0 Å². The van der Waals surface area contributed by atoms with Gasteiger partial charge < -0.3 is 15.3 Å². The molecule has 24 heavy (non-hydrogen) atoms. The molecule has 1 aromatic rings. The van der Waals surface area contributed by atoms with Crippen molar-refractivity contribution in [3.05, 3.63) is 35.9 Å². The van der Waals surface area contributed by atoms with Gasteiger partial charge in [-0.15, -0.1) is 0 Å². The minimum Gasteiger partial charge on any atom is -0.396 e. The van der Waals surface area contributed by atoms with E-state index >= 15 is 0 Å². The van der Waals surface area contributed by atoms with Gasteiger partial charge in [-0.25, -0.2) is 4.79 Å². The zero-order chi connectivity index (χ0) is 17.4. The lowest BCUT2D eigenvalue weighted by atomic mass is 9.99. The number of piperidine rings is 1. The molecular formula is C19H31N3O2. The van der Waals surface area contributed by atoms with Crippen LogP contribution in [0.25, 0.3) is 0 Å². The Balaban J connectivity index is 1.68. The van der Waals surface area contributed by atoms with Crippen molar-refractivity contribution in [3.8, 4) is 0 Å². The molecule has 134 valence electrons. The first-order valence-electron chi connectivity index (χ1n) is 8.98. The topological polar surface area (TPSA) is 55.8 Å². The van der Waals surface area contributed by atoms with E-state index in [1.54, 1.807) is 0 Å². The van der Waals surface area contributed by atoms with Crippen molar-refractivity contribution < 1.29 is 9.90 Å². The molecule has 0 saturated carbocycles. The van der Waals surface area contributed by atoms with E-state index in [-0.39, 0.29) is 18.6 Å². The molecular weight excluding hydrogens is 302 g/mol. The third-order valence-electron chi connectivity index (χ3n) is 4.93. The van der Waals surface area contributed by atoms with E-state index < -0.39 is 0 Å². The highest BCUT2D eigenvalue weighted by atomic mass is 16.3. The molecule has 1 heterocycles. The van der Waals surface area contributed by atoms with E-state index in [2.05, 4.69) is 48.5 Å². The lowest BCUT2D eigenvalue weighted by Crippen LogP contribution is -2.47. The lowest BCUT2D eigenvalue weighted by Gasteiger charge is -2.32. The quantitative estimate of drug-likeness (QED) is 0.805. The Kier molecular flexibility index (Phi) is 7.53. The zero-order valence-electron chi connectivity index (χ0n) is 14.9. The van der Waals surface area contributed by atoms with Crippen molar-refractivity contribution in [1.29, 1.82) is 0 Å². The van der Waals surface area contributed by atoms with Crippen LogP contribution in [0.1, 0.15) is 31.7 Å². The summed E-state index contributed by atoms with van der Waals surface area (Å²) >= 11 is 0. The minimum atomic E-state index is 0.00561. The van der Waals surface area contributed by atoms with Gasteiger partial charge in [-0.1, -0.05) is 30.3 Å². The second kappa shape index (κ2) is 9.64. The maximum atomic E-state index is 12.2. The molecule has 2 amide bonds. The van der Waals surface area contributed by atoms with E-state index in [9.17, 15) is 9.90 Å². The van der Waals surface area contributed by atoms with Crippen molar-refractivity contribution in [2.24, 2.45) is 5.92 Å². The van der Waals surface area contributed by atoms with Crippen molar-refractivity contribution >= 4 is 6.03 Å². The monoisotopic (exact) mass is 333 g/mol. The zero-order valence-corrected chi connectivity index (χ0v) is 14.9. The molecule has 0 aromatic heterocycles. The summed E-state index contributed by atoms with van der Waals surface area (Å²) in [7, 11) is 2.12. The first-order valence-corrected chi connectivity index (χ1v) is 8.98. The van der Waals surface area contributed by atoms with Crippen LogP contribution in [-0.4, -0.2) is 60.3 Å². The molecule has 0 bridgehead atoms. The summed E-state index contributed by atoms with van der Waals surface area (Å²) in [5.74, 6) is 0.237. The van der Waals surface area contributed by atoms with Gasteiger partial charge >= 0.3 is 6.03 Å². The maximum Gasteiger partial charge on any atom is 0.317 e. The molecule has 2 unspecified atom stereocenters. The molecule has 1 aliphatic heterocycles. The molecule has 0 spiro atoms. The van der Waals surface area contributed by atoms with Crippen LogP contribution in [0.3, 0.4) is 0 Å². The fraction of sp³-hybridized carbons (Fsp3) is 0.632. The average Bonchev–Trinajstić information content (AvgIpc) is 2.62. The van der Waals surface area contributed by atoms with E-state index in [0.29, 0.717) is 19.1 Å².